The summed E-state index contributed by atoms with van der Waals surface area (Å²) in [6, 6.07) is 15.4. The van der Waals surface area contributed by atoms with Gasteiger partial charge in [0.1, 0.15) is 5.82 Å². The molecule has 3 nitrogen and oxygen atoms in total. The Morgan fingerprint density at radius 1 is 1.05 bits per heavy atom. The average Bonchev–Trinajstić information content (AvgIpc) is 2.42. The molecule has 0 bridgehead atoms. The molecule has 0 fully saturated rings. The van der Waals surface area contributed by atoms with Gasteiger partial charge in [-0.05, 0) is 24.1 Å². The quantitative estimate of drug-likeness (QED) is 0.912. The summed E-state index contributed by atoms with van der Waals surface area (Å²) in [5.74, 6) is -0.530. The fraction of sp³-hybridized carbons (Fsp3) is 0.133. The second kappa shape index (κ2) is 6.00. The molecule has 1 N–H and O–H groups in total. The molecule has 0 aromatic heterocycles. The first-order valence-corrected chi connectivity index (χ1v) is 5.97. The number of amides is 1. The molecule has 2 aromatic carbocycles. The van der Waals surface area contributed by atoms with E-state index in [1.807, 2.05) is 30.3 Å². The van der Waals surface area contributed by atoms with Crippen LogP contribution in [0.25, 0.3) is 0 Å². The maximum atomic E-state index is 13.6. The maximum absolute atomic E-state index is 13.6. The van der Waals surface area contributed by atoms with E-state index in [2.05, 4.69) is 0 Å². The fourth-order valence-corrected chi connectivity index (χ4v) is 1.88. The minimum atomic E-state index is -1.15. The number of anilines is 1. The maximum Gasteiger partial charge on any atom is 0.411 e. The summed E-state index contributed by atoms with van der Waals surface area (Å²) in [5, 5.41) is 9.19. The van der Waals surface area contributed by atoms with Gasteiger partial charge in [0.25, 0.3) is 0 Å². The number of halogens is 1. The molecule has 19 heavy (non-hydrogen) atoms. The number of rotatable bonds is 4. The van der Waals surface area contributed by atoms with Gasteiger partial charge in [-0.2, -0.15) is 0 Å². The molecule has 2 aromatic rings. The fourth-order valence-electron chi connectivity index (χ4n) is 1.88. The van der Waals surface area contributed by atoms with Crippen molar-refractivity contribution in [2.24, 2.45) is 0 Å². The van der Waals surface area contributed by atoms with Gasteiger partial charge in [-0.1, -0.05) is 42.5 Å². The average molecular weight is 259 g/mol. The smallest absolute Gasteiger partial charge is 0.411 e. The second-order valence-electron chi connectivity index (χ2n) is 4.12. The highest BCUT2D eigenvalue weighted by atomic mass is 19.1. The third kappa shape index (κ3) is 3.31. The van der Waals surface area contributed by atoms with Gasteiger partial charge in [0.2, 0.25) is 0 Å². The van der Waals surface area contributed by atoms with Crippen molar-refractivity contribution in [1.82, 2.24) is 0 Å². The van der Waals surface area contributed by atoms with Crippen molar-refractivity contribution in [2.75, 3.05) is 11.4 Å². The molecular formula is C15H14FNO2. The summed E-state index contributed by atoms with van der Waals surface area (Å²) in [6.45, 7) is 0.222. The van der Waals surface area contributed by atoms with E-state index in [0.717, 1.165) is 10.5 Å². The summed E-state index contributed by atoms with van der Waals surface area (Å²) in [6.07, 6.45) is -0.609. The molecule has 0 saturated heterocycles. The molecule has 0 aliphatic rings. The Balaban J connectivity index is 2.14. The predicted octanol–water partition coefficient (Wildman–Crippen LogP) is 3.55. The molecule has 0 aliphatic carbocycles. The van der Waals surface area contributed by atoms with Gasteiger partial charge in [-0.25, -0.2) is 9.18 Å². The topological polar surface area (TPSA) is 40.5 Å². The minimum absolute atomic E-state index is 0.0888. The van der Waals surface area contributed by atoms with E-state index in [-0.39, 0.29) is 12.2 Å². The summed E-state index contributed by atoms with van der Waals surface area (Å²) >= 11 is 0. The lowest BCUT2D eigenvalue weighted by molar-refractivity contribution is 0.201. The van der Waals surface area contributed by atoms with Crippen molar-refractivity contribution in [3.05, 3.63) is 66.0 Å². The van der Waals surface area contributed by atoms with E-state index >= 15 is 0 Å². The molecule has 0 saturated carbocycles. The number of hydrogen-bond donors (Lipinski definition) is 1. The Labute approximate surface area is 110 Å². The lowest BCUT2D eigenvalue weighted by Gasteiger charge is -2.19. The number of nitrogens with zero attached hydrogens (tertiary/aromatic N) is 1. The van der Waals surface area contributed by atoms with Crippen LogP contribution in [0.1, 0.15) is 5.56 Å². The minimum Gasteiger partial charge on any atom is -0.465 e. The summed E-state index contributed by atoms with van der Waals surface area (Å²) in [4.78, 5) is 12.3. The Morgan fingerprint density at radius 2 is 1.68 bits per heavy atom. The van der Waals surface area contributed by atoms with Crippen molar-refractivity contribution in [1.29, 1.82) is 0 Å². The van der Waals surface area contributed by atoms with E-state index in [9.17, 15) is 14.3 Å². The van der Waals surface area contributed by atoms with Crippen LogP contribution >= 0.6 is 0 Å². The van der Waals surface area contributed by atoms with Gasteiger partial charge in [0, 0.05) is 6.54 Å². The van der Waals surface area contributed by atoms with Gasteiger partial charge in [0.15, 0.2) is 0 Å². The molecular weight excluding hydrogens is 245 g/mol. The van der Waals surface area contributed by atoms with Crippen molar-refractivity contribution in [3.8, 4) is 0 Å². The monoisotopic (exact) mass is 259 g/mol. The highest BCUT2D eigenvalue weighted by molar-refractivity contribution is 5.86. The highest BCUT2D eigenvalue weighted by Gasteiger charge is 2.17. The van der Waals surface area contributed by atoms with Crippen molar-refractivity contribution >= 4 is 11.8 Å². The number of hydrogen-bond acceptors (Lipinski definition) is 1. The van der Waals surface area contributed by atoms with Crippen LogP contribution in [-0.4, -0.2) is 17.7 Å². The molecule has 0 atom stereocenters. The zero-order chi connectivity index (χ0) is 13.7. The first-order chi connectivity index (χ1) is 9.18. The molecule has 0 radical (unpaired) electrons. The number of benzene rings is 2. The number of carboxylic acid groups (broad SMARTS) is 1. The summed E-state index contributed by atoms with van der Waals surface area (Å²) in [7, 11) is 0. The summed E-state index contributed by atoms with van der Waals surface area (Å²) < 4.78 is 13.6. The second-order valence-corrected chi connectivity index (χ2v) is 4.12. The van der Waals surface area contributed by atoms with Gasteiger partial charge in [-0.15, -0.1) is 0 Å². The van der Waals surface area contributed by atoms with E-state index in [1.54, 1.807) is 6.07 Å². The van der Waals surface area contributed by atoms with Crippen molar-refractivity contribution in [3.63, 3.8) is 0 Å². The van der Waals surface area contributed by atoms with Crippen molar-refractivity contribution in [2.45, 2.75) is 6.42 Å². The number of para-hydroxylation sites is 1. The van der Waals surface area contributed by atoms with Crippen LogP contribution in [0.15, 0.2) is 54.6 Å². The Bertz CT molecular complexity index is 557. The van der Waals surface area contributed by atoms with Gasteiger partial charge < -0.3 is 5.11 Å². The van der Waals surface area contributed by atoms with Gasteiger partial charge >= 0.3 is 6.09 Å². The molecule has 0 spiro atoms. The van der Waals surface area contributed by atoms with Crippen molar-refractivity contribution < 1.29 is 14.3 Å². The molecule has 4 heteroatoms. The Hall–Kier alpha value is -2.36. The normalized spacial score (nSPS) is 10.2. The third-order valence-corrected chi connectivity index (χ3v) is 2.84. The lowest BCUT2D eigenvalue weighted by atomic mass is 10.1. The van der Waals surface area contributed by atoms with E-state index in [0.29, 0.717) is 6.42 Å². The first-order valence-electron chi connectivity index (χ1n) is 5.97. The van der Waals surface area contributed by atoms with E-state index < -0.39 is 11.9 Å². The summed E-state index contributed by atoms with van der Waals surface area (Å²) in [5.41, 5.74) is 1.11. The predicted molar refractivity (Wildman–Crippen MR) is 71.9 cm³/mol. The zero-order valence-electron chi connectivity index (χ0n) is 10.3. The molecule has 98 valence electrons. The molecule has 1 amide bonds. The SMILES string of the molecule is O=C(O)N(CCc1ccccc1)c1ccccc1F. The number of carbonyl (C=O) groups is 1. The molecule has 0 aliphatic heterocycles. The molecule has 2 rings (SSSR count). The van der Waals surface area contributed by atoms with Crippen LogP contribution in [0, 0.1) is 5.82 Å². The van der Waals surface area contributed by atoms with Crippen LogP contribution < -0.4 is 4.90 Å². The van der Waals surface area contributed by atoms with Gasteiger partial charge in [-0.3, -0.25) is 4.90 Å². The van der Waals surface area contributed by atoms with Gasteiger partial charge in [0.05, 0.1) is 5.69 Å². The van der Waals surface area contributed by atoms with Crippen LogP contribution in [0.3, 0.4) is 0 Å². The molecule has 0 heterocycles. The van der Waals surface area contributed by atoms with Crippen LogP contribution in [0.5, 0.6) is 0 Å². The van der Waals surface area contributed by atoms with E-state index in [1.165, 1.54) is 18.2 Å². The Kier molecular flexibility index (Phi) is 4.13. The van der Waals surface area contributed by atoms with E-state index in [4.69, 9.17) is 0 Å². The van der Waals surface area contributed by atoms with Crippen LogP contribution in [0.4, 0.5) is 14.9 Å². The first kappa shape index (κ1) is 13.1. The lowest BCUT2D eigenvalue weighted by Crippen LogP contribution is -2.32. The third-order valence-electron chi connectivity index (χ3n) is 2.84. The standard InChI is InChI=1S/C15H14FNO2/c16-13-8-4-5-9-14(13)17(15(18)19)11-10-12-6-2-1-3-7-12/h1-9H,10-11H2,(H,18,19). The zero-order valence-corrected chi connectivity index (χ0v) is 10.3. The molecule has 0 unspecified atom stereocenters. The van der Waals surface area contributed by atoms with Crippen LogP contribution in [0.2, 0.25) is 0 Å². The highest BCUT2D eigenvalue weighted by Crippen LogP contribution is 2.19. The van der Waals surface area contributed by atoms with Crippen LogP contribution in [-0.2, 0) is 6.42 Å². The largest absolute Gasteiger partial charge is 0.465 e. The Morgan fingerprint density at radius 3 is 2.32 bits per heavy atom.